The Morgan fingerprint density at radius 1 is 1.75 bits per heavy atom. The van der Waals surface area contributed by atoms with Gasteiger partial charge in [0, 0.05) is 0 Å². The molecule has 0 fully saturated rings. The highest BCUT2D eigenvalue weighted by atomic mass is 35.5. The average Bonchev–Trinajstić information content (AvgIpc) is 1.98. The van der Waals surface area contributed by atoms with E-state index in [0.29, 0.717) is 6.42 Å². The Labute approximate surface area is 57.3 Å². The molecule has 8 heavy (non-hydrogen) atoms. The Balaban J connectivity index is 2.73. The van der Waals surface area contributed by atoms with Crippen LogP contribution in [0.15, 0.2) is 11.1 Å². The molecule has 0 aromatic heterocycles. The van der Waals surface area contributed by atoms with Crippen molar-refractivity contribution in [3.8, 4) is 0 Å². The first kappa shape index (κ1) is 6.12. The summed E-state index contributed by atoms with van der Waals surface area (Å²) in [6, 6.07) is 0. The predicted molar refractivity (Wildman–Crippen MR) is 33.2 cm³/mol. The number of Topliss-reactive ketones (excluding diaryl/α,β-unsaturated/α-hetero) is 1. The van der Waals surface area contributed by atoms with Crippen molar-refractivity contribution in [2.45, 2.75) is 11.8 Å². The van der Waals surface area contributed by atoms with Crippen LogP contribution in [0.5, 0.6) is 0 Å². The molecular weight excluding hydrogens is 147 g/mol. The van der Waals surface area contributed by atoms with Gasteiger partial charge < -0.3 is 0 Å². The lowest BCUT2D eigenvalue weighted by Crippen LogP contribution is -2.05. The second kappa shape index (κ2) is 2.08. The Morgan fingerprint density at radius 3 is 2.50 bits per heavy atom. The van der Waals surface area contributed by atoms with Crippen LogP contribution in [-0.4, -0.2) is 11.2 Å². The molecule has 3 heteroatoms. The molecule has 44 valence electrons. The zero-order valence-corrected chi connectivity index (χ0v) is 5.54. The van der Waals surface area contributed by atoms with Crippen molar-refractivity contribution in [2.75, 3.05) is 0 Å². The SMILES string of the molecule is O=C1C(Cl)=CCC1Cl. The van der Waals surface area contributed by atoms with E-state index in [4.69, 9.17) is 23.2 Å². The minimum Gasteiger partial charge on any atom is -0.292 e. The van der Waals surface area contributed by atoms with Gasteiger partial charge in [0.2, 0.25) is 0 Å². The molecule has 0 heterocycles. The average molecular weight is 151 g/mol. The molecular formula is C5H4Cl2O. The molecule has 0 aromatic rings. The van der Waals surface area contributed by atoms with Crippen LogP contribution in [-0.2, 0) is 4.79 Å². The summed E-state index contributed by atoms with van der Waals surface area (Å²) in [4.78, 5) is 10.6. The van der Waals surface area contributed by atoms with E-state index in [1.165, 1.54) is 0 Å². The topological polar surface area (TPSA) is 17.1 Å². The van der Waals surface area contributed by atoms with Crippen molar-refractivity contribution in [1.29, 1.82) is 0 Å². The van der Waals surface area contributed by atoms with Crippen LogP contribution in [0.25, 0.3) is 0 Å². The highest BCUT2D eigenvalue weighted by molar-refractivity contribution is 6.49. The number of hydrogen-bond donors (Lipinski definition) is 0. The van der Waals surface area contributed by atoms with Gasteiger partial charge in [-0.05, 0) is 6.42 Å². The number of ketones is 1. The van der Waals surface area contributed by atoms with Crippen LogP contribution >= 0.6 is 23.2 Å². The fraction of sp³-hybridized carbons (Fsp3) is 0.400. The van der Waals surface area contributed by atoms with Crippen LogP contribution in [0.2, 0.25) is 0 Å². The Morgan fingerprint density at radius 2 is 2.38 bits per heavy atom. The summed E-state index contributed by atoms with van der Waals surface area (Å²) in [5, 5.41) is -0.118. The largest absolute Gasteiger partial charge is 0.292 e. The zero-order chi connectivity index (χ0) is 6.15. The summed E-state index contributed by atoms with van der Waals surface area (Å²) in [5.74, 6) is -0.145. The lowest BCUT2D eigenvalue weighted by atomic mass is 10.3. The van der Waals surface area contributed by atoms with E-state index in [-0.39, 0.29) is 10.8 Å². The minimum atomic E-state index is -0.400. The van der Waals surface area contributed by atoms with Gasteiger partial charge in [0.25, 0.3) is 0 Å². The fourth-order valence-corrected chi connectivity index (χ4v) is 1.05. The third-order valence-corrected chi connectivity index (χ3v) is 1.74. The molecule has 0 N–H and O–H groups in total. The second-order valence-corrected chi connectivity index (χ2v) is 2.55. The van der Waals surface area contributed by atoms with E-state index in [0.717, 1.165) is 0 Å². The molecule has 1 nitrogen and oxygen atoms in total. The maximum Gasteiger partial charge on any atom is 0.191 e. The molecule has 0 aromatic carbocycles. The van der Waals surface area contributed by atoms with Crippen LogP contribution < -0.4 is 0 Å². The maximum absolute atomic E-state index is 10.6. The van der Waals surface area contributed by atoms with Gasteiger partial charge in [-0.25, -0.2) is 0 Å². The van der Waals surface area contributed by atoms with Crippen LogP contribution in [0.3, 0.4) is 0 Å². The Kier molecular flexibility index (Phi) is 1.59. The molecule has 0 saturated heterocycles. The van der Waals surface area contributed by atoms with Crippen molar-refractivity contribution in [3.05, 3.63) is 11.1 Å². The molecule has 0 amide bonds. The molecule has 1 aliphatic carbocycles. The van der Waals surface area contributed by atoms with Gasteiger partial charge in [0.1, 0.15) is 5.38 Å². The smallest absolute Gasteiger partial charge is 0.191 e. The summed E-state index contributed by atoms with van der Waals surface area (Å²) in [7, 11) is 0. The number of alkyl halides is 1. The third-order valence-electron chi connectivity index (χ3n) is 1.02. The van der Waals surface area contributed by atoms with E-state index in [9.17, 15) is 4.79 Å². The third kappa shape index (κ3) is 0.884. The van der Waals surface area contributed by atoms with Crippen molar-refractivity contribution in [2.24, 2.45) is 0 Å². The van der Waals surface area contributed by atoms with Gasteiger partial charge in [0.15, 0.2) is 5.78 Å². The van der Waals surface area contributed by atoms with E-state index >= 15 is 0 Å². The minimum absolute atomic E-state index is 0.145. The maximum atomic E-state index is 10.6. The first-order chi connectivity index (χ1) is 3.72. The van der Waals surface area contributed by atoms with Gasteiger partial charge >= 0.3 is 0 Å². The first-order valence-electron chi connectivity index (χ1n) is 2.26. The standard InChI is InChI=1S/C5H4Cl2O/c6-3-1-2-4(7)5(3)8/h1,4H,2H2. The van der Waals surface area contributed by atoms with Crippen LogP contribution in [0.1, 0.15) is 6.42 Å². The number of carbonyl (C=O) groups is 1. The highest BCUT2D eigenvalue weighted by Gasteiger charge is 2.22. The number of rotatable bonds is 0. The van der Waals surface area contributed by atoms with Crippen LogP contribution in [0.4, 0.5) is 0 Å². The molecule has 0 aliphatic heterocycles. The molecule has 0 saturated carbocycles. The fourth-order valence-electron chi connectivity index (χ4n) is 0.564. The molecule has 0 bridgehead atoms. The zero-order valence-electron chi connectivity index (χ0n) is 4.03. The van der Waals surface area contributed by atoms with Crippen molar-refractivity contribution in [1.82, 2.24) is 0 Å². The van der Waals surface area contributed by atoms with E-state index in [1.54, 1.807) is 6.08 Å². The number of allylic oxidation sites excluding steroid dienone is 2. The number of hydrogen-bond acceptors (Lipinski definition) is 1. The summed E-state index contributed by atoms with van der Waals surface area (Å²) < 4.78 is 0. The number of halogens is 2. The molecule has 0 radical (unpaired) electrons. The lowest BCUT2D eigenvalue weighted by Gasteiger charge is -1.91. The first-order valence-corrected chi connectivity index (χ1v) is 3.07. The molecule has 1 atom stereocenters. The van der Waals surface area contributed by atoms with Gasteiger partial charge in [-0.2, -0.15) is 0 Å². The monoisotopic (exact) mass is 150 g/mol. The van der Waals surface area contributed by atoms with E-state index in [1.807, 2.05) is 0 Å². The van der Waals surface area contributed by atoms with Gasteiger partial charge in [-0.1, -0.05) is 17.7 Å². The number of carbonyl (C=O) groups excluding carboxylic acids is 1. The van der Waals surface area contributed by atoms with Gasteiger partial charge in [0.05, 0.1) is 5.03 Å². The van der Waals surface area contributed by atoms with Crippen molar-refractivity contribution >= 4 is 29.0 Å². The summed E-state index contributed by atoms with van der Waals surface area (Å²) in [6.45, 7) is 0. The Bertz CT molecular complexity index is 151. The molecule has 1 aliphatic rings. The highest BCUT2D eigenvalue weighted by Crippen LogP contribution is 2.21. The second-order valence-electron chi connectivity index (χ2n) is 1.62. The summed E-state index contributed by atoms with van der Waals surface area (Å²) >= 11 is 10.9. The van der Waals surface area contributed by atoms with E-state index in [2.05, 4.69) is 0 Å². The molecule has 1 rings (SSSR count). The summed E-state index contributed by atoms with van der Waals surface area (Å²) in [5.41, 5.74) is 0. The summed E-state index contributed by atoms with van der Waals surface area (Å²) in [6.07, 6.45) is 2.22. The quantitative estimate of drug-likeness (QED) is 0.481. The van der Waals surface area contributed by atoms with Crippen molar-refractivity contribution < 1.29 is 4.79 Å². The van der Waals surface area contributed by atoms with E-state index < -0.39 is 5.38 Å². The van der Waals surface area contributed by atoms with Gasteiger partial charge in [-0.3, -0.25) is 4.79 Å². The van der Waals surface area contributed by atoms with Crippen LogP contribution in [0, 0.1) is 0 Å². The van der Waals surface area contributed by atoms with Gasteiger partial charge in [-0.15, -0.1) is 11.6 Å². The van der Waals surface area contributed by atoms with Crippen molar-refractivity contribution in [3.63, 3.8) is 0 Å². The lowest BCUT2D eigenvalue weighted by molar-refractivity contribution is -0.114. The molecule has 0 spiro atoms. The normalized spacial score (nSPS) is 28.5. The molecule has 1 unspecified atom stereocenters. The predicted octanol–water partition coefficient (Wildman–Crippen LogP) is 1.69. The Hall–Kier alpha value is -0.0100.